The number of carbonyl (C=O) groups excluding carboxylic acids is 1. The molecule has 0 aliphatic heterocycles. The Labute approximate surface area is 129 Å². The van der Waals surface area contributed by atoms with Crippen molar-refractivity contribution in [2.45, 2.75) is 6.42 Å². The molecule has 1 amide bonds. The molecule has 0 atom stereocenters. The molecule has 21 heavy (non-hydrogen) atoms. The van der Waals surface area contributed by atoms with Crippen molar-refractivity contribution in [2.75, 3.05) is 26.0 Å². The van der Waals surface area contributed by atoms with E-state index in [2.05, 4.69) is 10.3 Å². The Morgan fingerprint density at radius 3 is 2.76 bits per heavy atom. The zero-order chi connectivity index (χ0) is 15.2. The number of carbonyl (C=O) groups is 1. The lowest BCUT2D eigenvalue weighted by atomic mass is 10.1. The Morgan fingerprint density at radius 1 is 1.29 bits per heavy atom. The monoisotopic (exact) mass is 303 g/mol. The second-order valence-corrected chi connectivity index (χ2v) is 5.37. The average molecular weight is 304 g/mol. The van der Waals surface area contributed by atoms with Crippen LogP contribution in [0.15, 0.2) is 42.6 Å². The quantitative estimate of drug-likeness (QED) is 0.923. The molecule has 110 valence electrons. The molecule has 0 spiro atoms. The predicted octanol–water partition coefficient (Wildman–Crippen LogP) is 3.09. The number of benzene rings is 1. The third kappa shape index (κ3) is 4.46. The molecule has 1 aromatic carbocycles. The van der Waals surface area contributed by atoms with Gasteiger partial charge in [0.1, 0.15) is 5.82 Å². The molecule has 0 saturated carbocycles. The van der Waals surface area contributed by atoms with Gasteiger partial charge in [-0.1, -0.05) is 23.7 Å². The van der Waals surface area contributed by atoms with E-state index in [-0.39, 0.29) is 5.91 Å². The summed E-state index contributed by atoms with van der Waals surface area (Å²) in [5.41, 5.74) is 1.83. The highest BCUT2D eigenvalue weighted by molar-refractivity contribution is 6.30. The van der Waals surface area contributed by atoms with Gasteiger partial charge >= 0.3 is 0 Å². The maximum Gasteiger partial charge on any atom is 0.253 e. The number of rotatable bonds is 5. The van der Waals surface area contributed by atoms with Gasteiger partial charge in [-0.05, 0) is 36.2 Å². The number of nitrogens with one attached hydrogen (secondary N) is 1. The first-order valence-electron chi connectivity index (χ1n) is 6.72. The van der Waals surface area contributed by atoms with Crippen molar-refractivity contribution in [3.05, 3.63) is 58.7 Å². The summed E-state index contributed by atoms with van der Waals surface area (Å²) in [4.78, 5) is 17.7. The van der Waals surface area contributed by atoms with Gasteiger partial charge in [0.05, 0.1) is 5.02 Å². The molecule has 0 saturated heterocycles. The third-order valence-corrected chi connectivity index (χ3v) is 3.25. The fraction of sp³-hybridized carbons (Fsp3) is 0.250. The average Bonchev–Trinajstić information content (AvgIpc) is 2.49. The Hall–Kier alpha value is -2.07. The first-order chi connectivity index (χ1) is 10.1. The van der Waals surface area contributed by atoms with Gasteiger partial charge in [0.2, 0.25) is 0 Å². The van der Waals surface area contributed by atoms with Gasteiger partial charge in [0, 0.05) is 32.4 Å². The van der Waals surface area contributed by atoms with Crippen molar-refractivity contribution in [1.82, 2.24) is 9.88 Å². The lowest BCUT2D eigenvalue weighted by Crippen LogP contribution is -2.21. The number of anilines is 1. The molecule has 0 radical (unpaired) electrons. The Balaban J connectivity index is 1.93. The zero-order valence-corrected chi connectivity index (χ0v) is 12.9. The van der Waals surface area contributed by atoms with Crippen LogP contribution in [-0.2, 0) is 6.42 Å². The van der Waals surface area contributed by atoms with Gasteiger partial charge < -0.3 is 10.2 Å². The molecule has 1 heterocycles. The summed E-state index contributed by atoms with van der Waals surface area (Å²) in [6, 6.07) is 11.3. The van der Waals surface area contributed by atoms with E-state index in [9.17, 15) is 4.79 Å². The van der Waals surface area contributed by atoms with Crippen LogP contribution in [0.1, 0.15) is 15.9 Å². The van der Waals surface area contributed by atoms with Crippen molar-refractivity contribution in [2.24, 2.45) is 0 Å². The van der Waals surface area contributed by atoms with Gasteiger partial charge in [-0.2, -0.15) is 0 Å². The van der Waals surface area contributed by atoms with Crippen molar-refractivity contribution >= 4 is 23.3 Å². The first-order valence-corrected chi connectivity index (χ1v) is 7.10. The number of hydrogen-bond acceptors (Lipinski definition) is 3. The minimum Gasteiger partial charge on any atom is -0.370 e. The standard InChI is InChI=1S/C16H18ClN3O/c1-20(2)16(21)13-5-3-4-12(10-13)8-9-18-15-7-6-14(17)11-19-15/h3-7,10-11H,8-9H2,1-2H3,(H,18,19). The summed E-state index contributed by atoms with van der Waals surface area (Å²) >= 11 is 5.79. The van der Waals surface area contributed by atoms with Crippen molar-refractivity contribution < 1.29 is 4.79 Å². The molecule has 4 nitrogen and oxygen atoms in total. The minimum absolute atomic E-state index is 0.0178. The van der Waals surface area contributed by atoms with E-state index in [1.807, 2.05) is 30.3 Å². The van der Waals surface area contributed by atoms with E-state index in [1.54, 1.807) is 31.3 Å². The predicted molar refractivity (Wildman–Crippen MR) is 85.9 cm³/mol. The maximum atomic E-state index is 11.9. The van der Waals surface area contributed by atoms with Crippen molar-refractivity contribution in [3.63, 3.8) is 0 Å². The molecule has 0 unspecified atom stereocenters. The highest BCUT2D eigenvalue weighted by Crippen LogP contribution is 2.11. The van der Waals surface area contributed by atoms with E-state index >= 15 is 0 Å². The van der Waals surface area contributed by atoms with Crippen molar-refractivity contribution in [1.29, 1.82) is 0 Å². The van der Waals surface area contributed by atoms with Crippen LogP contribution < -0.4 is 5.32 Å². The summed E-state index contributed by atoms with van der Waals surface area (Å²) in [5.74, 6) is 0.809. The van der Waals surface area contributed by atoms with Crippen LogP contribution in [0.2, 0.25) is 5.02 Å². The molecule has 1 aromatic heterocycles. The number of aromatic nitrogens is 1. The third-order valence-electron chi connectivity index (χ3n) is 3.03. The van der Waals surface area contributed by atoms with E-state index in [1.165, 1.54) is 0 Å². The van der Waals surface area contributed by atoms with Crippen LogP contribution in [0.5, 0.6) is 0 Å². The van der Waals surface area contributed by atoms with E-state index in [4.69, 9.17) is 11.6 Å². The molecular weight excluding hydrogens is 286 g/mol. The fourth-order valence-electron chi connectivity index (χ4n) is 1.93. The molecular formula is C16H18ClN3O. The van der Waals surface area contributed by atoms with Crippen LogP contribution in [-0.4, -0.2) is 36.4 Å². The maximum absolute atomic E-state index is 11.9. The summed E-state index contributed by atoms with van der Waals surface area (Å²) < 4.78 is 0. The number of halogens is 1. The Kier molecular flexibility index (Phi) is 5.17. The summed E-state index contributed by atoms with van der Waals surface area (Å²) in [6.45, 7) is 0.744. The Bertz CT molecular complexity index is 611. The summed E-state index contributed by atoms with van der Waals surface area (Å²) in [7, 11) is 3.51. The Morgan fingerprint density at radius 2 is 2.10 bits per heavy atom. The second kappa shape index (κ2) is 7.09. The van der Waals surface area contributed by atoms with Crippen LogP contribution >= 0.6 is 11.6 Å². The fourth-order valence-corrected chi connectivity index (χ4v) is 2.05. The first kappa shape index (κ1) is 15.3. The lowest BCUT2D eigenvalue weighted by molar-refractivity contribution is 0.0827. The number of hydrogen-bond donors (Lipinski definition) is 1. The molecule has 0 bridgehead atoms. The number of nitrogens with zero attached hydrogens (tertiary/aromatic N) is 2. The van der Waals surface area contributed by atoms with E-state index < -0.39 is 0 Å². The van der Waals surface area contributed by atoms with Gasteiger partial charge in [0.15, 0.2) is 0 Å². The van der Waals surface area contributed by atoms with Gasteiger partial charge in [0.25, 0.3) is 5.91 Å². The number of pyridine rings is 1. The van der Waals surface area contributed by atoms with Crippen molar-refractivity contribution in [3.8, 4) is 0 Å². The largest absolute Gasteiger partial charge is 0.370 e. The second-order valence-electron chi connectivity index (χ2n) is 4.94. The molecule has 0 fully saturated rings. The minimum atomic E-state index is 0.0178. The molecule has 5 heteroatoms. The summed E-state index contributed by atoms with van der Waals surface area (Å²) in [5, 5.41) is 3.85. The number of amides is 1. The van der Waals surface area contributed by atoms with Crippen LogP contribution in [0.25, 0.3) is 0 Å². The van der Waals surface area contributed by atoms with Crippen LogP contribution in [0.4, 0.5) is 5.82 Å². The van der Waals surface area contributed by atoms with Gasteiger partial charge in [-0.25, -0.2) is 4.98 Å². The zero-order valence-electron chi connectivity index (χ0n) is 12.1. The smallest absolute Gasteiger partial charge is 0.253 e. The normalized spacial score (nSPS) is 10.2. The van der Waals surface area contributed by atoms with E-state index in [0.29, 0.717) is 10.6 Å². The van der Waals surface area contributed by atoms with Crippen LogP contribution in [0, 0.1) is 0 Å². The van der Waals surface area contributed by atoms with E-state index in [0.717, 1.165) is 24.3 Å². The topological polar surface area (TPSA) is 45.2 Å². The molecule has 2 aromatic rings. The highest BCUT2D eigenvalue weighted by Gasteiger charge is 2.07. The highest BCUT2D eigenvalue weighted by atomic mass is 35.5. The SMILES string of the molecule is CN(C)C(=O)c1cccc(CCNc2ccc(Cl)cn2)c1. The van der Waals surface area contributed by atoms with Gasteiger partial charge in [-0.3, -0.25) is 4.79 Å². The summed E-state index contributed by atoms with van der Waals surface area (Å²) in [6.07, 6.45) is 2.43. The molecule has 0 aliphatic rings. The van der Waals surface area contributed by atoms with Gasteiger partial charge in [-0.15, -0.1) is 0 Å². The molecule has 0 aliphatic carbocycles. The molecule has 2 rings (SSSR count). The van der Waals surface area contributed by atoms with Crippen LogP contribution in [0.3, 0.4) is 0 Å². The molecule has 1 N–H and O–H groups in total. The lowest BCUT2D eigenvalue weighted by Gasteiger charge is -2.11.